The van der Waals surface area contributed by atoms with Crippen molar-refractivity contribution in [3.05, 3.63) is 42.6 Å². The number of hydrogen-bond donors (Lipinski definition) is 0. The number of ether oxygens (including phenoxy) is 1. The second-order valence-corrected chi connectivity index (χ2v) is 2.71. The van der Waals surface area contributed by atoms with E-state index in [2.05, 4.69) is 4.98 Å². The molecular formula is C10H7ClNO. The molecule has 0 unspecified atom stereocenters. The Morgan fingerprint density at radius 3 is 2.92 bits per heavy atom. The van der Waals surface area contributed by atoms with Gasteiger partial charge in [0.15, 0.2) is 0 Å². The van der Waals surface area contributed by atoms with Crippen molar-refractivity contribution in [2.45, 2.75) is 0 Å². The van der Waals surface area contributed by atoms with Gasteiger partial charge in [-0.2, -0.15) is 0 Å². The van der Waals surface area contributed by atoms with E-state index in [4.69, 9.17) is 16.3 Å². The zero-order valence-corrected chi connectivity index (χ0v) is 7.53. The quantitative estimate of drug-likeness (QED) is 0.730. The highest BCUT2D eigenvalue weighted by atomic mass is 35.5. The molecule has 0 atom stereocenters. The number of benzene rings is 1. The molecule has 0 saturated carbocycles. The van der Waals surface area contributed by atoms with Crippen LogP contribution in [0.1, 0.15) is 0 Å². The lowest BCUT2D eigenvalue weighted by Crippen LogP contribution is -1.86. The lowest BCUT2D eigenvalue weighted by molar-refractivity contribution is 0.458. The maximum atomic E-state index is 5.37. The van der Waals surface area contributed by atoms with E-state index in [-0.39, 0.29) is 0 Å². The molecule has 1 radical (unpaired) electrons. The van der Waals surface area contributed by atoms with Gasteiger partial charge in [0.1, 0.15) is 5.75 Å². The van der Waals surface area contributed by atoms with E-state index in [9.17, 15) is 0 Å². The summed E-state index contributed by atoms with van der Waals surface area (Å²) < 4.78 is 5.12. The first-order valence-corrected chi connectivity index (χ1v) is 4.28. The van der Waals surface area contributed by atoms with Crippen molar-refractivity contribution in [3.63, 3.8) is 0 Å². The molecule has 0 aliphatic carbocycles. The molecule has 0 amide bonds. The van der Waals surface area contributed by atoms with E-state index in [0.29, 0.717) is 0 Å². The summed E-state index contributed by atoms with van der Waals surface area (Å²) in [6, 6.07) is 10.7. The lowest BCUT2D eigenvalue weighted by atomic mass is 10.2. The minimum absolute atomic E-state index is 0.723. The largest absolute Gasteiger partial charge is 0.469 e. The Kier molecular flexibility index (Phi) is 2.32. The topological polar surface area (TPSA) is 22.1 Å². The second kappa shape index (κ2) is 3.62. The normalized spacial score (nSPS) is 10.2. The zero-order valence-electron chi connectivity index (χ0n) is 6.77. The fourth-order valence-corrected chi connectivity index (χ4v) is 1.32. The third-order valence-electron chi connectivity index (χ3n) is 1.78. The molecule has 2 aromatic rings. The number of pyridine rings is 1. The van der Waals surface area contributed by atoms with E-state index in [1.807, 2.05) is 24.3 Å². The maximum absolute atomic E-state index is 5.37. The Balaban J connectivity index is 2.61. The molecule has 1 aromatic carbocycles. The number of halogens is 1. The molecule has 0 fully saturated rings. The molecule has 0 bridgehead atoms. The van der Waals surface area contributed by atoms with Crippen molar-refractivity contribution in [1.29, 1.82) is 0 Å². The number of hydrogen-bond acceptors (Lipinski definition) is 2. The van der Waals surface area contributed by atoms with E-state index in [1.54, 1.807) is 12.3 Å². The van der Waals surface area contributed by atoms with Gasteiger partial charge in [0.2, 0.25) is 6.07 Å². The van der Waals surface area contributed by atoms with E-state index in [1.165, 1.54) is 0 Å². The second-order valence-electron chi connectivity index (χ2n) is 2.53. The first kappa shape index (κ1) is 8.32. The number of nitrogens with zero attached hydrogens (tertiary/aromatic N) is 1. The van der Waals surface area contributed by atoms with Crippen LogP contribution in [-0.4, -0.2) is 4.98 Å². The van der Waals surface area contributed by atoms with Crippen LogP contribution in [0.3, 0.4) is 0 Å². The van der Waals surface area contributed by atoms with Crippen LogP contribution in [0, 0.1) is 6.07 Å². The minimum Gasteiger partial charge on any atom is -0.469 e. The van der Waals surface area contributed by atoms with Gasteiger partial charge in [-0.1, -0.05) is 23.7 Å². The highest BCUT2D eigenvalue weighted by Crippen LogP contribution is 2.23. The smallest absolute Gasteiger partial charge is 0.222 e. The van der Waals surface area contributed by atoms with Crippen molar-refractivity contribution < 1.29 is 4.74 Å². The van der Waals surface area contributed by atoms with Crippen molar-refractivity contribution in [1.82, 2.24) is 4.98 Å². The fraction of sp³-hybridized carbons (Fsp3) is 0. The summed E-state index contributed by atoms with van der Waals surface area (Å²) in [4.78, 5) is 4.19. The molecule has 1 aromatic heterocycles. The van der Waals surface area contributed by atoms with Gasteiger partial charge in [0.25, 0.3) is 0 Å². The van der Waals surface area contributed by atoms with Gasteiger partial charge in [-0.3, -0.25) is 4.98 Å². The number of fused-ring (bicyclic) bond motifs is 1. The number of aromatic nitrogens is 1. The average molecular weight is 193 g/mol. The third-order valence-corrected chi connectivity index (χ3v) is 1.87. The molecule has 1 heterocycles. The van der Waals surface area contributed by atoms with Crippen LogP contribution in [0.25, 0.3) is 10.9 Å². The molecule has 0 aliphatic rings. The predicted octanol–water partition coefficient (Wildman–Crippen LogP) is 2.97. The first-order valence-electron chi connectivity index (χ1n) is 3.84. The van der Waals surface area contributed by atoms with Gasteiger partial charge < -0.3 is 4.74 Å². The first-order chi connectivity index (χ1) is 6.42. The van der Waals surface area contributed by atoms with Crippen molar-refractivity contribution in [2.24, 2.45) is 0 Å². The van der Waals surface area contributed by atoms with Gasteiger partial charge in [-0.15, -0.1) is 0 Å². The molecular weight excluding hydrogens is 186 g/mol. The fourth-order valence-electron chi connectivity index (χ4n) is 1.22. The van der Waals surface area contributed by atoms with Gasteiger partial charge in [0, 0.05) is 11.6 Å². The molecule has 0 N–H and O–H groups in total. The molecule has 2 nitrogen and oxygen atoms in total. The SMILES string of the molecule is Cl[CH]Oc1ccnc2ccccc12. The Bertz CT molecular complexity index is 411. The third kappa shape index (κ3) is 1.58. The summed E-state index contributed by atoms with van der Waals surface area (Å²) in [6.45, 7) is 0. The Morgan fingerprint density at radius 2 is 2.08 bits per heavy atom. The summed E-state index contributed by atoms with van der Waals surface area (Å²) >= 11 is 5.37. The van der Waals surface area contributed by atoms with Gasteiger partial charge >= 0.3 is 0 Å². The van der Waals surface area contributed by atoms with Gasteiger partial charge in [-0.25, -0.2) is 0 Å². The summed E-state index contributed by atoms with van der Waals surface area (Å²) in [5.74, 6) is 0.723. The molecule has 3 heteroatoms. The van der Waals surface area contributed by atoms with Crippen molar-refractivity contribution >= 4 is 22.5 Å². The van der Waals surface area contributed by atoms with Crippen molar-refractivity contribution in [3.8, 4) is 5.75 Å². The van der Waals surface area contributed by atoms with Crippen LogP contribution in [0.15, 0.2) is 36.5 Å². The summed E-state index contributed by atoms with van der Waals surface area (Å²) in [5.41, 5.74) is 0.901. The molecule has 0 spiro atoms. The van der Waals surface area contributed by atoms with E-state index in [0.717, 1.165) is 22.7 Å². The zero-order chi connectivity index (χ0) is 9.10. The van der Waals surface area contributed by atoms with Crippen LogP contribution in [0.2, 0.25) is 0 Å². The van der Waals surface area contributed by atoms with Gasteiger partial charge in [0.05, 0.1) is 5.52 Å². The maximum Gasteiger partial charge on any atom is 0.222 e. The highest BCUT2D eigenvalue weighted by molar-refractivity contribution is 6.22. The molecule has 13 heavy (non-hydrogen) atoms. The monoisotopic (exact) mass is 192 g/mol. The molecule has 2 rings (SSSR count). The molecule has 65 valence electrons. The minimum atomic E-state index is 0.723. The van der Waals surface area contributed by atoms with E-state index >= 15 is 0 Å². The number of para-hydroxylation sites is 1. The van der Waals surface area contributed by atoms with Crippen LogP contribution in [-0.2, 0) is 0 Å². The average Bonchev–Trinajstić information content (AvgIpc) is 2.19. The number of rotatable bonds is 2. The Hall–Kier alpha value is -1.28. The highest BCUT2D eigenvalue weighted by Gasteiger charge is 2.00. The van der Waals surface area contributed by atoms with Crippen LogP contribution in [0.5, 0.6) is 5.75 Å². The predicted molar refractivity (Wildman–Crippen MR) is 52.5 cm³/mol. The van der Waals surface area contributed by atoms with Crippen LogP contribution in [0.4, 0.5) is 0 Å². The van der Waals surface area contributed by atoms with Crippen LogP contribution < -0.4 is 4.74 Å². The van der Waals surface area contributed by atoms with Gasteiger partial charge in [-0.05, 0) is 18.2 Å². The molecule has 0 saturated heterocycles. The molecule has 0 aliphatic heterocycles. The summed E-state index contributed by atoms with van der Waals surface area (Å²) in [7, 11) is 0. The van der Waals surface area contributed by atoms with Crippen LogP contribution >= 0.6 is 11.6 Å². The summed E-state index contributed by atoms with van der Waals surface area (Å²) in [6.07, 6.45) is 1.69. The summed E-state index contributed by atoms with van der Waals surface area (Å²) in [5, 5.41) is 0.960. The van der Waals surface area contributed by atoms with Crippen molar-refractivity contribution in [2.75, 3.05) is 0 Å². The lowest BCUT2D eigenvalue weighted by Gasteiger charge is -2.03. The standard InChI is InChI=1S/C10H7ClNO/c11-7-13-10-5-6-12-9-4-2-1-3-8(9)10/h1-7H. The Labute approximate surface area is 81.1 Å². The van der Waals surface area contributed by atoms with E-state index < -0.39 is 0 Å². The Morgan fingerprint density at radius 1 is 1.23 bits per heavy atom.